The fourth-order valence-electron chi connectivity index (χ4n) is 0.720. The molecule has 1 aromatic heterocycles. The van der Waals surface area contributed by atoms with Crippen LogP contribution in [0.3, 0.4) is 0 Å². The fraction of sp³-hybridized carbons (Fsp3) is 0.167. The molecule has 0 aliphatic carbocycles. The van der Waals surface area contributed by atoms with E-state index in [1.54, 1.807) is 0 Å². The van der Waals surface area contributed by atoms with Crippen LogP contribution >= 0.6 is 50.5 Å². The van der Waals surface area contributed by atoms with Crippen LogP contribution in [0.5, 0.6) is 0 Å². The third-order valence-electron chi connectivity index (χ3n) is 1.34. The molecule has 0 aliphatic rings. The number of nitrogens with zero attached hydrogens (tertiary/aromatic N) is 2. The van der Waals surface area contributed by atoms with E-state index in [1.165, 1.54) is 0 Å². The van der Waals surface area contributed by atoms with Gasteiger partial charge in [-0.3, -0.25) is 14.7 Å². The Kier molecular flexibility index (Phi) is 6.85. The van der Waals surface area contributed by atoms with Crippen LogP contribution in [0.2, 0.25) is 5.15 Å². The van der Waals surface area contributed by atoms with Gasteiger partial charge in [0.2, 0.25) is 5.15 Å². The summed E-state index contributed by atoms with van der Waals surface area (Å²) in [5, 5.41) is 6.43. The first-order chi connectivity index (χ1) is 8.32. The Morgan fingerprint density at radius 3 is 2.05 bits per heavy atom. The van der Waals surface area contributed by atoms with Crippen LogP contribution in [0.25, 0.3) is 0 Å². The van der Waals surface area contributed by atoms with Crippen molar-refractivity contribution in [3.63, 3.8) is 0 Å². The first-order valence-corrected chi connectivity index (χ1v) is 8.68. The third-order valence-corrected chi connectivity index (χ3v) is 1.64. The molecule has 0 fully saturated rings. The number of pyridine rings is 1. The van der Waals surface area contributed by atoms with Crippen molar-refractivity contribution < 1.29 is 22.7 Å². The molecule has 0 saturated heterocycles. The normalized spacial score (nSPS) is 11.5. The van der Waals surface area contributed by atoms with Crippen molar-refractivity contribution in [2.75, 3.05) is 0 Å². The third kappa shape index (κ3) is 8.49. The maximum absolute atomic E-state index is 12.1. The minimum absolute atomic E-state index is 0.343. The second-order valence-corrected chi connectivity index (χ2v) is 9.68. The molecule has 0 bridgehead atoms. The molecule has 0 aromatic carbocycles. The zero-order chi connectivity index (χ0) is 15.4. The van der Waals surface area contributed by atoms with Gasteiger partial charge in [0.05, 0.1) is 10.5 Å². The predicted molar refractivity (Wildman–Crippen MR) is 66.1 cm³/mol. The second-order valence-electron chi connectivity index (χ2n) is 2.69. The van der Waals surface area contributed by atoms with Crippen LogP contribution in [-0.2, 0) is 10.7 Å². The van der Waals surface area contributed by atoms with Gasteiger partial charge in [-0.15, -0.1) is 0 Å². The summed E-state index contributed by atoms with van der Waals surface area (Å²) in [4.78, 5) is 12.3. The lowest BCUT2D eigenvalue weighted by atomic mass is 10.2. The predicted octanol–water partition coefficient (Wildman–Crippen LogP) is 5.47. The van der Waals surface area contributed by atoms with Gasteiger partial charge in [-0.05, 0) is 33.7 Å². The minimum atomic E-state index is -4.66. The Bertz CT molecular complexity index is 513. The van der Waals surface area contributed by atoms with Crippen LogP contribution in [0.1, 0.15) is 5.56 Å². The van der Waals surface area contributed by atoms with E-state index in [4.69, 9.17) is 11.6 Å². The molecule has 0 radical (unpaired) electrons. The number of hydrogen-bond donors (Lipinski definition) is 0. The van der Waals surface area contributed by atoms with Gasteiger partial charge in [0.15, 0.2) is 0 Å². The number of nitro groups is 1. The summed E-state index contributed by atoms with van der Waals surface area (Å²) >= 11 is 19.1. The Balaban J connectivity index is 0.000000555. The molecule has 0 aliphatic heterocycles. The molecule has 1 aromatic rings. The SMILES string of the molecule is O=P(Cl)(Cl)Cl.O=[N+]([O-])c1cc(C(F)(F)F)cnc1Cl. The lowest BCUT2D eigenvalue weighted by Gasteiger charge is -2.05. The van der Waals surface area contributed by atoms with E-state index >= 15 is 0 Å². The molecular formula is C6H2Cl4F3N2O3P. The molecular weight excluding hydrogens is 378 g/mol. The summed E-state index contributed by atoms with van der Waals surface area (Å²) in [5.41, 5.74) is -2.06. The van der Waals surface area contributed by atoms with Gasteiger partial charge in [0.1, 0.15) is 0 Å². The Morgan fingerprint density at radius 2 is 1.74 bits per heavy atom. The number of aromatic nitrogens is 1. The van der Waals surface area contributed by atoms with Gasteiger partial charge < -0.3 is 0 Å². The summed E-state index contributed by atoms with van der Waals surface area (Å²) in [6.45, 7) is 0. The summed E-state index contributed by atoms with van der Waals surface area (Å²) in [5.74, 6) is 0. The van der Waals surface area contributed by atoms with Gasteiger partial charge >= 0.3 is 17.1 Å². The lowest BCUT2D eigenvalue weighted by Crippen LogP contribution is -2.06. The van der Waals surface area contributed by atoms with Crippen molar-refractivity contribution in [3.8, 4) is 0 Å². The smallest absolute Gasteiger partial charge is 0.271 e. The average Bonchev–Trinajstić information content (AvgIpc) is 2.13. The van der Waals surface area contributed by atoms with Crippen LogP contribution in [0.4, 0.5) is 18.9 Å². The summed E-state index contributed by atoms with van der Waals surface area (Å²) in [6.07, 6.45) is -4.22. The average molecular weight is 380 g/mol. The van der Waals surface area contributed by atoms with Gasteiger partial charge in [-0.2, -0.15) is 13.2 Å². The largest absolute Gasteiger partial charge is 0.418 e. The Hall–Kier alpha value is -0.270. The van der Waals surface area contributed by atoms with E-state index < -0.39 is 32.7 Å². The molecule has 0 amide bonds. The van der Waals surface area contributed by atoms with E-state index in [-0.39, 0.29) is 0 Å². The molecule has 13 heteroatoms. The highest BCUT2D eigenvalue weighted by Crippen LogP contribution is 2.61. The van der Waals surface area contributed by atoms with Crippen LogP contribution in [0.15, 0.2) is 12.3 Å². The molecule has 1 rings (SSSR count). The fourth-order valence-corrected chi connectivity index (χ4v) is 0.892. The van der Waals surface area contributed by atoms with Crippen LogP contribution in [0, 0.1) is 10.1 Å². The summed E-state index contributed by atoms with van der Waals surface area (Å²) < 4.78 is 45.7. The number of halogens is 7. The Labute approximate surface area is 123 Å². The zero-order valence-corrected chi connectivity index (χ0v) is 12.3. The zero-order valence-electron chi connectivity index (χ0n) is 8.37. The number of hydrogen-bond acceptors (Lipinski definition) is 4. The van der Waals surface area contributed by atoms with Crippen LogP contribution in [-0.4, -0.2) is 9.91 Å². The van der Waals surface area contributed by atoms with Gasteiger partial charge in [0, 0.05) is 12.3 Å². The van der Waals surface area contributed by atoms with E-state index in [1.807, 2.05) is 0 Å². The first-order valence-electron chi connectivity index (χ1n) is 3.88. The van der Waals surface area contributed by atoms with Gasteiger partial charge in [-0.1, -0.05) is 11.6 Å². The molecule has 0 saturated carbocycles. The highest BCUT2D eigenvalue weighted by atomic mass is 36.0. The van der Waals surface area contributed by atoms with E-state index in [0.29, 0.717) is 12.3 Å². The minimum Gasteiger partial charge on any atom is -0.271 e. The van der Waals surface area contributed by atoms with Crippen molar-refractivity contribution in [3.05, 3.63) is 33.1 Å². The molecule has 0 unspecified atom stereocenters. The monoisotopic (exact) mass is 378 g/mol. The maximum Gasteiger partial charge on any atom is 0.418 e. The van der Waals surface area contributed by atoms with Crippen molar-refractivity contribution in [2.45, 2.75) is 6.18 Å². The molecule has 0 N–H and O–H groups in total. The quantitative estimate of drug-likeness (QED) is 0.280. The standard InChI is InChI=1S/C6H2ClF3N2O2.Cl3OP/c7-5-4(12(13)14)1-3(2-11-5)6(8,9)10;1-5(2,3)4/h1-2H;. The van der Waals surface area contributed by atoms with Crippen molar-refractivity contribution >= 4 is 56.2 Å². The van der Waals surface area contributed by atoms with Crippen molar-refractivity contribution in [2.24, 2.45) is 0 Å². The van der Waals surface area contributed by atoms with E-state index in [9.17, 15) is 27.9 Å². The van der Waals surface area contributed by atoms with E-state index in [0.717, 1.165) is 0 Å². The van der Waals surface area contributed by atoms with Crippen molar-refractivity contribution in [1.82, 2.24) is 4.98 Å². The molecule has 0 spiro atoms. The van der Waals surface area contributed by atoms with E-state index in [2.05, 4.69) is 38.7 Å². The molecule has 5 nitrogen and oxygen atoms in total. The molecule has 108 valence electrons. The lowest BCUT2D eigenvalue weighted by molar-refractivity contribution is -0.385. The van der Waals surface area contributed by atoms with Crippen LogP contribution < -0.4 is 0 Å². The van der Waals surface area contributed by atoms with Gasteiger partial charge in [0.25, 0.3) is 0 Å². The number of rotatable bonds is 1. The number of alkyl halides is 3. The highest BCUT2D eigenvalue weighted by molar-refractivity contribution is 8.24. The van der Waals surface area contributed by atoms with Gasteiger partial charge in [-0.25, -0.2) is 4.98 Å². The molecule has 0 atom stereocenters. The highest BCUT2D eigenvalue weighted by Gasteiger charge is 2.33. The van der Waals surface area contributed by atoms with Crippen molar-refractivity contribution in [1.29, 1.82) is 0 Å². The molecule has 19 heavy (non-hydrogen) atoms. The summed E-state index contributed by atoms with van der Waals surface area (Å²) in [7, 11) is 0. The summed E-state index contributed by atoms with van der Waals surface area (Å²) in [6, 6.07) is 0.343. The Morgan fingerprint density at radius 1 is 1.32 bits per heavy atom. The topological polar surface area (TPSA) is 73.1 Å². The second kappa shape index (κ2) is 6.95. The first kappa shape index (κ1) is 18.7. The maximum atomic E-state index is 12.1. The molecule has 1 heterocycles.